The first-order chi connectivity index (χ1) is 8.72. The summed E-state index contributed by atoms with van der Waals surface area (Å²) < 4.78 is 10.4. The Morgan fingerprint density at radius 2 is 2.39 bits per heavy atom. The second-order valence-electron chi connectivity index (χ2n) is 4.63. The van der Waals surface area contributed by atoms with Crippen LogP contribution in [-0.2, 0) is 16.1 Å². The molecule has 1 fully saturated rings. The van der Waals surface area contributed by atoms with Crippen LogP contribution < -0.4 is 5.32 Å². The fourth-order valence-corrected chi connectivity index (χ4v) is 2.28. The lowest BCUT2D eigenvalue weighted by Gasteiger charge is -2.23. The molecule has 1 aromatic heterocycles. The van der Waals surface area contributed by atoms with Crippen molar-refractivity contribution in [1.29, 1.82) is 0 Å². The van der Waals surface area contributed by atoms with Gasteiger partial charge in [0, 0.05) is 25.2 Å². The average Bonchev–Trinajstić information content (AvgIpc) is 3.00. The van der Waals surface area contributed by atoms with Gasteiger partial charge in [0.25, 0.3) is 0 Å². The van der Waals surface area contributed by atoms with Crippen LogP contribution in [0.1, 0.15) is 12.5 Å². The van der Waals surface area contributed by atoms with Crippen molar-refractivity contribution in [3.8, 4) is 0 Å². The second-order valence-corrected chi connectivity index (χ2v) is 4.63. The Hall–Kier alpha value is -1.33. The molecule has 2 atom stereocenters. The van der Waals surface area contributed by atoms with E-state index in [4.69, 9.17) is 9.15 Å². The van der Waals surface area contributed by atoms with E-state index in [2.05, 4.69) is 5.32 Å². The lowest BCUT2D eigenvalue weighted by atomic mass is 10.0. The van der Waals surface area contributed by atoms with Gasteiger partial charge >= 0.3 is 0 Å². The molecule has 0 spiro atoms. The van der Waals surface area contributed by atoms with Gasteiger partial charge < -0.3 is 19.4 Å². The summed E-state index contributed by atoms with van der Waals surface area (Å²) >= 11 is 0. The van der Waals surface area contributed by atoms with Crippen LogP contribution in [0.2, 0.25) is 0 Å². The Kier molecular flexibility index (Phi) is 4.38. The normalized spacial score (nSPS) is 23.2. The molecule has 2 rings (SSSR count). The number of furan rings is 1. The van der Waals surface area contributed by atoms with Crippen LogP contribution in [0.4, 0.5) is 0 Å². The number of likely N-dealkylation sites (N-methyl/N-ethyl adjacent to an activating group) is 1. The third-order valence-corrected chi connectivity index (χ3v) is 3.24. The fourth-order valence-electron chi connectivity index (χ4n) is 2.28. The first-order valence-electron chi connectivity index (χ1n) is 6.29. The zero-order valence-electron chi connectivity index (χ0n) is 10.9. The van der Waals surface area contributed by atoms with E-state index >= 15 is 0 Å². The molecular formula is C13H20N2O3. The monoisotopic (exact) mass is 252 g/mol. The minimum atomic E-state index is -0.0816. The van der Waals surface area contributed by atoms with E-state index < -0.39 is 0 Å². The quantitative estimate of drug-likeness (QED) is 0.844. The maximum Gasteiger partial charge on any atom is 0.229 e. The molecule has 5 nitrogen and oxygen atoms in total. The number of hydrogen-bond donors (Lipinski definition) is 1. The highest BCUT2D eigenvalue weighted by atomic mass is 16.5. The summed E-state index contributed by atoms with van der Waals surface area (Å²) in [5.41, 5.74) is 1.00. The molecule has 1 aliphatic heterocycles. The molecule has 2 heterocycles. The average molecular weight is 252 g/mol. The number of hydrogen-bond acceptors (Lipinski definition) is 4. The molecule has 0 aromatic carbocycles. The minimum Gasteiger partial charge on any atom is -0.472 e. The van der Waals surface area contributed by atoms with Crippen molar-refractivity contribution in [3.63, 3.8) is 0 Å². The number of amides is 1. The predicted molar refractivity (Wildman–Crippen MR) is 67.0 cm³/mol. The van der Waals surface area contributed by atoms with Gasteiger partial charge in [0.05, 0.1) is 31.7 Å². The van der Waals surface area contributed by atoms with Crippen molar-refractivity contribution < 1.29 is 13.9 Å². The highest BCUT2D eigenvalue weighted by molar-refractivity contribution is 5.79. The van der Waals surface area contributed by atoms with Gasteiger partial charge in [0.2, 0.25) is 5.91 Å². The molecule has 0 aliphatic carbocycles. The first-order valence-corrected chi connectivity index (χ1v) is 6.29. The topological polar surface area (TPSA) is 54.7 Å². The van der Waals surface area contributed by atoms with Gasteiger partial charge in [-0.2, -0.15) is 0 Å². The predicted octanol–water partition coefficient (Wildman–Crippen LogP) is 0.863. The maximum absolute atomic E-state index is 12.3. The molecule has 5 heteroatoms. The van der Waals surface area contributed by atoms with Gasteiger partial charge in [-0.05, 0) is 12.6 Å². The van der Waals surface area contributed by atoms with Crippen molar-refractivity contribution in [2.24, 2.45) is 5.92 Å². The van der Waals surface area contributed by atoms with Crippen molar-refractivity contribution in [1.82, 2.24) is 10.2 Å². The zero-order chi connectivity index (χ0) is 13.0. The SMILES string of the molecule is CCNC1COCC1C(=O)N(C)Cc1ccoc1. The van der Waals surface area contributed by atoms with Crippen LogP contribution >= 0.6 is 0 Å². The highest BCUT2D eigenvalue weighted by Gasteiger charge is 2.35. The lowest BCUT2D eigenvalue weighted by molar-refractivity contribution is -0.135. The van der Waals surface area contributed by atoms with Gasteiger partial charge in [-0.15, -0.1) is 0 Å². The molecule has 1 aromatic rings. The summed E-state index contributed by atoms with van der Waals surface area (Å²) in [6, 6.07) is 2.01. The molecule has 100 valence electrons. The van der Waals surface area contributed by atoms with Gasteiger partial charge in [0.15, 0.2) is 0 Å². The van der Waals surface area contributed by atoms with Crippen LogP contribution in [0.5, 0.6) is 0 Å². The van der Waals surface area contributed by atoms with E-state index in [1.54, 1.807) is 17.4 Å². The van der Waals surface area contributed by atoms with Crippen LogP contribution in [0.15, 0.2) is 23.0 Å². The minimum absolute atomic E-state index is 0.0816. The Labute approximate surface area is 107 Å². The highest BCUT2D eigenvalue weighted by Crippen LogP contribution is 2.17. The molecule has 0 radical (unpaired) electrons. The van der Waals surface area contributed by atoms with Crippen molar-refractivity contribution in [3.05, 3.63) is 24.2 Å². The van der Waals surface area contributed by atoms with Crippen LogP contribution in [0.25, 0.3) is 0 Å². The van der Waals surface area contributed by atoms with Crippen LogP contribution in [0, 0.1) is 5.92 Å². The zero-order valence-corrected chi connectivity index (χ0v) is 10.9. The number of nitrogens with zero attached hydrogens (tertiary/aromatic N) is 1. The maximum atomic E-state index is 12.3. The molecule has 1 amide bonds. The number of ether oxygens (including phenoxy) is 1. The molecule has 0 saturated carbocycles. The third-order valence-electron chi connectivity index (χ3n) is 3.24. The van der Waals surface area contributed by atoms with Crippen molar-refractivity contribution >= 4 is 5.91 Å². The third kappa shape index (κ3) is 2.91. The van der Waals surface area contributed by atoms with Crippen LogP contribution in [0.3, 0.4) is 0 Å². The van der Waals surface area contributed by atoms with E-state index in [0.29, 0.717) is 19.8 Å². The van der Waals surface area contributed by atoms with E-state index in [1.807, 2.05) is 20.0 Å². The summed E-state index contributed by atoms with van der Waals surface area (Å²) in [7, 11) is 1.82. The standard InChI is InChI=1S/C13H20N2O3/c1-3-14-12-9-18-8-11(12)13(16)15(2)6-10-4-5-17-7-10/h4-5,7,11-12,14H,3,6,8-9H2,1-2H3. The van der Waals surface area contributed by atoms with E-state index in [-0.39, 0.29) is 17.9 Å². The Morgan fingerprint density at radius 3 is 3.06 bits per heavy atom. The van der Waals surface area contributed by atoms with E-state index in [9.17, 15) is 4.79 Å². The van der Waals surface area contributed by atoms with Crippen molar-refractivity contribution in [2.75, 3.05) is 26.8 Å². The van der Waals surface area contributed by atoms with Gasteiger partial charge in [-0.25, -0.2) is 0 Å². The largest absolute Gasteiger partial charge is 0.472 e. The molecule has 0 bridgehead atoms. The molecule has 2 unspecified atom stereocenters. The molecule has 1 saturated heterocycles. The van der Waals surface area contributed by atoms with Gasteiger partial charge in [-0.1, -0.05) is 6.92 Å². The molecule has 1 N–H and O–H groups in total. The van der Waals surface area contributed by atoms with Gasteiger partial charge in [0.1, 0.15) is 0 Å². The number of carbonyl (C=O) groups is 1. The lowest BCUT2D eigenvalue weighted by Crippen LogP contribution is -2.44. The summed E-state index contributed by atoms with van der Waals surface area (Å²) in [4.78, 5) is 14.1. The van der Waals surface area contributed by atoms with E-state index in [1.165, 1.54) is 0 Å². The summed E-state index contributed by atoms with van der Waals surface area (Å²) in [6.45, 7) is 4.58. The Bertz CT molecular complexity index is 378. The Morgan fingerprint density at radius 1 is 1.56 bits per heavy atom. The summed E-state index contributed by atoms with van der Waals surface area (Å²) in [6.07, 6.45) is 3.28. The smallest absolute Gasteiger partial charge is 0.229 e. The van der Waals surface area contributed by atoms with E-state index in [0.717, 1.165) is 12.1 Å². The molecular weight excluding hydrogens is 232 g/mol. The number of carbonyl (C=O) groups excluding carboxylic acids is 1. The number of rotatable bonds is 5. The summed E-state index contributed by atoms with van der Waals surface area (Å²) in [5.74, 6) is 0.0431. The number of nitrogens with one attached hydrogen (secondary N) is 1. The molecule has 18 heavy (non-hydrogen) atoms. The second kappa shape index (κ2) is 6.02. The van der Waals surface area contributed by atoms with Crippen LogP contribution in [-0.4, -0.2) is 43.7 Å². The Balaban J connectivity index is 1.93. The van der Waals surface area contributed by atoms with Crippen molar-refractivity contribution in [2.45, 2.75) is 19.5 Å². The fraction of sp³-hybridized carbons (Fsp3) is 0.615. The molecule has 1 aliphatic rings. The van der Waals surface area contributed by atoms with Gasteiger partial charge in [-0.3, -0.25) is 4.79 Å². The first kappa shape index (κ1) is 13.1. The summed E-state index contributed by atoms with van der Waals surface area (Å²) in [5, 5.41) is 3.30.